The Morgan fingerprint density at radius 3 is 2.46 bits per heavy atom. The lowest BCUT2D eigenvalue weighted by atomic mass is 10.0. The number of benzene rings is 2. The van der Waals surface area contributed by atoms with Gasteiger partial charge in [-0.05, 0) is 36.2 Å². The molecule has 3 rings (SSSR count). The molecule has 1 heterocycles. The number of hydrogen-bond acceptors (Lipinski definition) is 3. The van der Waals surface area contributed by atoms with Gasteiger partial charge in [0, 0.05) is 41.8 Å². The molecule has 1 saturated heterocycles. The smallest absolute Gasteiger partial charge is 0.222 e. The van der Waals surface area contributed by atoms with Crippen LogP contribution in [0.5, 0.6) is 0 Å². The van der Waals surface area contributed by atoms with Gasteiger partial charge >= 0.3 is 0 Å². The first-order valence-electron chi connectivity index (χ1n) is 8.22. The Morgan fingerprint density at radius 2 is 1.81 bits per heavy atom. The van der Waals surface area contributed by atoms with Crippen molar-refractivity contribution in [1.82, 2.24) is 5.32 Å². The average Bonchev–Trinajstić information content (AvgIpc) is 3.04. The zero-order valence-corrected chi connectivity index (χ0v) is 17.5. The summed E-state index contributed by atoms with van der Waals surface area (Å²) in [5.41, 5.74) is 8.31. The van der Waals surface area contributed by atoms with Crippen LogP contribution in [0.2, 0.25) is 0 Å². The highest BCUT2D eigenvalue weighted by molar-refractivity contribution is 9.10. The molecule has 2 aromatic carbocycles. The normalized spacial score (nSPS) is 17.0. The lowest BCUT2D eigenvalue weighted by molar-refractivity contribution is -0.122. The Balaban J connectivity index is 0.00000169. The summed E-state index contributed by atoms with van der Waals surface area (Å²) in [5.74, 6) is 0.0222. The van der Waals surface area contributed by atoms with Crippen molar-refractivity contribution in [2.24, 2.45) is 5.73 Å². The Morgan fingerprint density at radius 1 is 1.15 bits per heavy atom. The summed E-state index contributed by atoms with van der Waals surface area (Å²) in [4.78, 5) is 14.6. The third-order valence-electron chi connectivity index (χ3n) is 4.38. The quantitative estimate of drug-likeness (QED) is 0.706. The first-order chi connectivity index (χ1) is 11.6. The standard InChI is InChI=1S/C19H22BrN3O.2ClH/c20-15-6-8-17(9-7-15)23-11-10-16(13-23)22-19(24)12-18(21)14-4-2-1-3-5-14;;/h1-9,16,18H,10-13,21H2,(H,22,24);2*1H. The number of nitrogens with zero attached hydrogens (tertiary/aromatic N) is 1. The fraction of sp³-hybridized carbons (Fsp3) is 0.316. The molecule has 26 heavy (non-hydrogen) atoms. The molecular formula is C19H24BrCl2N3O. The zero-order valence-electron chi connectivity index (χ0n) is 14.3. The molecule has 2 unspecified atom stereocenters. The van der Waals surface area contributed by atoms with Crippen LogP contribution in [0, 0.1) is 0 Å². The first kappa shape index (κ1) is 22.8. The van der Waals surface area contributed by atoms with E-state index in [4.69, 9.17) is 5.73 Å². The molecular weight excluding hydrogens is 437 g/mol. The highest BCUT2D eigenvalue weighted by Crippen LogP contribution is 2.23. The Bertz CT molecular complexity index is 685. The second-order valence-corrected chi connectivity index (χ2v) is 7.11. The maximum atomic E-state index is 12.3. The zero-order chi connectivity index (χ0) is 16.9. The summed E-state index contributed by atoms with van der Waals surface area (Å²) in [7, 11) is 0. The predicted octanol–water partition coefficient (Wildman–Crippen LogP) is 4.08. The average molecular weight is 461 g/mol. The summed E-state index contributed by atoms with van der Waals surface area (Å²) in [5, 5.41) is 3.12. The minimum absolute atomic E-state index is 0. The molecule has 3 N–H and O–H groups in total. The van der Waals surface area contributed by atoms with Crippen molar-refractivity contribution >= 4 is 52.3 Å². The van der Waals surface area contributed by atoms with Gasteiger partial charge in [0.15, 0.2) is 0 Å². The first-order valence-corrected chi connectivity index (χ1v) is 9.01. The minimum atomic E-state index is -0.254. The molecule has 142 valence electrons. The van der Waals surface area contributed by atoms with Crippen molar-refractivity contribution < 1.29 is 4.79 Å². The van der Waals surface area contributed by atoms with Crippen molar-refractivity contribution in [1.29, 1.82) is 0 Å². The van der Waals surface area contributed by atoms with Crippen molar-refractivity contribution in [3.05, 3.63) is 64.6 Å². The van der Waals surface area contributed by atoms with Crippen LogP contribution in [-0.4, -0.2) is 25.0 Å². The van der Waals surface area contributed by atoms with Crippen LogP contribution < -0.4 is 16.0 Å². The third-order valence-corrected chi connectivity index (χ3v) is 4.91. The molecule has 1 amide bonds. The van der Waals surface area contributed by atoms with Crippen molar-refractivity contribution in [3.63, 3.8) is 0 Å². The number of carbonyl (C=O) groups excluding carboxylic acids is 1. The third kappa shape index (κ3) is 6.16. The molecule has 2 atom stereocenters. The van der Waals surface area contributed by atoms with E-state index in [1.54, 1.807) is 0 Å². The second kappa shape index (κ2) is 10.8. The van der Waals surface area contributed by atoms with Gasteiger partial charge in [-0.1, -0.05) is 46.3 Å². The van der Waals surface area contributed by atoms with Gasteiger partial charge in [0.05, 0.1) is 0 Å². The fourth-order valence-corrected chi connectivity index (χ4v) is 3.33. The van der Waals surface area contributed by atoms with Gasteiger partial charge in [0.2, 0.25) is 5.91 Å². The maximum absolute atomic E-state index is 12.3. The maximum Gasteiger partial charge on any atom is 0.222 e. The van der Waals surface area contributed by atoms with E-state index in [-0.39, 0.29) is 42.8 Å². The molecule has 0 saturated carbocycles. The predicted molar refractivity (Wildman–Crippen MR) is 115 cm³/mol. The minimum Gasteiger partial charge on any atom is -0.369 e. The number of carbonyl (C=O) groups is 1. The van der Waals surface area contributed by atoms with Gasteiger partial charge in [-0.2, -0.15) is 0 Å². The van der Waals surface area contributed by atoms with Gasteiger partial charge in [0.1, 0.15) is 0 Å². The SMILES string of the molecule is Cl.Cl.NC(CC(=O)NC1CCN(c2ccc(Br)cc2)C1)c1ccccc1. The highest BCUT2D eigenvalue weighted by atomic mass is 79.9. The van der Waals surface area contributed by atoms with Crippen molar-refractivity contribution in [3.8, 4) is 0 Å². The van der Waals surface area contributed by atoms with E-state index in [1.165, 1.54) is 5.69 Å². The van der Waals surface area contributed by atoms with Gasteiger partial charge in [-0.15, -0.1) is 24.8 Å². The Labute approximate surface area is 175 Å². The van der Waals surface area contributed by atoms with E-state index < -0.39 is 0 Å². The molecule has 4 nitrogen and oxygen atoms in total. The van der Waals surface area contributed by atoms with Crippen LogP contribution in [0.4, 0.5) is 5.69 Å². The molecule has 0 aliphatic carbocycles. The molecule has 0 spiro atoms. The van der Waals surface area contributed by atoms with Crippen molar-refractivity contribution in [2.45, 2.75) is 24.9 Å². The number of hydrogen-bond donors (Lipinski definition) is 2. The van der Waals surface area contributed by atoms with Crippen LogP contribution in [0.1, 0.15) is 24.4 Å². The topological polar surface area (TPSA) is 58.4 Å². The van der Waals surface area contributed by atoms with Gasteiger partial charge < -0.3 is 16.0 Å². The van der Waals surface area contributed by atoms with Gasteiger partial charge in [-0.3, -0.25) is 4.79 Å². The van der Waals surface area contributed by atoms with Crippen molar-refractivity contribution in [2.75, 3.05) is 18.0 Å². The lowest BCUT2D eigenvalue weighted by Gasteiger charge is -2.19. The number of nitrogens with two attached hydrogens (primary N) is 1. The summed E-state index contributed by atoms with van der Waals surface area (Å²) in [6.07, 6.45) is 1.28. The Hall–Kier alpha value is -1.27. The molecule has 7 heteroatoms. The fourth-order valence-electron chi connectivity index (χ4n) is 3.07. The summed E-state index contributed by atoms with van der Waals surface area (Å²) >= 11 is 3.45. The largest absolute Gasteiger partial charge is 0.369 e. The van der Waals surface area contributed by atoms with Gasteiger partial charge in [-0.25, -0.2) is 0 Å². The summed E-state index contributed by atoms with van der Waals surface area (Å²) in [6, 6.07) is 18.0. The molecule has 2 aromatic rings. The van der Waals surface area contributed by atoms with Crippen LogP contribution in [0.25, 0.3) is 0 Å². The van der Waals surface area contributed by atoms with Gasteiger partial charge in [0.25, 0.3) is 0 Å². The summed E-state index contributed by atoms with van der Waals surface area (Å²) in [6.45, 7) is 1.80. The number of anilines is 1. The molecule has 0 bridgehead atoms. The van der Waals surface area contributed by atoms with E-state index in [0.29, 0.717) is 6.42 Å². The second-order valence-electron chi connectivity index (χ2n) is 6.20. The number of rotatable bonds is 5. The van der Waals surface area contributed by atoms with E-state index in [1.807, 2.05) is 42.5 Å². The van der Waals surface area contributed by atoms with E-state index in [9.17, 15) is 4.79 Å². The Kier molecular flexibility index (Phi) is 9.44. The van der Waals surface area contributed by atoms with E-state index >= 15 is 0 Å². The summed E-state index contributed by atoms with van der Waals surface area (Å²) < 4.78 is 1.07. The van der Waals surface area contributed by atoms with Crippen LogP contribution in [0.15, 0.2) is 59.1 Å². The van der Waals surface area contributed by atoms with Crippen LogP contribution in [0.3, 0.4) is 0 Å². The molecule has 0 radical (unpaired) electrons. The molecule has 0 aromatic heterocycles. The van der Waals surface area contributed by atoms with E-state index in [2.05, 4.69) is 38.3 Å². The highest BCUT2D eigenvalue weighted by Gasteiger charge is 2.24. The number of halogens is 3. The van der Waals surface area contributed by atoms with E-state index in [0.717, 1.165) is 29.5 Å². The molecule has 1 aliphatic heterocycles. The molecule has 1 aliphatic rings. The van der Waals surface area contributed by atoms with Crippen LogP contribution in [-0.2, 0) is 4.79 Å². The lowest BCUT2D eigenvalue weighted by Crippen LogP contribution is -2.38. The monoisotopic (exact) mass is 459 g/mol. The number of nitrogens with one attached hydrogen (secondary N) is 1. The van der Waals surface area contributed by atoms with Crippen LogP contribution >= 0.6 is 40.7 Å². The number of amides is 1. The molecule has 1 fully saturated rings.